The fourth-order valence-corrected chi connectivity index (χ4v) is 4.01. The highest BCUT2D eigenvalue weighted by atomic mass is 16.5. The number of hydrogen-bond donors (Lipinski definition) is 0. The number of Topliss-reactive ketones (excluding diaryl/α,β-unsaturated/α-hetero) is 1. The van der Waals surface area contributed by atoms with Gasteiger partial charge >= 0.3 is 0 Å². The lowest BCUT2D eigenvalue weighted by Crippen LogP contribution is -2.53. The maximum atomic E-state index is 12.8. The lowest BCUT2D eigenvalue weighted by molar-refractivity contribution is -0.146. The third-order valence-electron chi connectivity index (χ3n) is 6.92. The highest BCUT2D eigenvalue weighted by Gasteiger charge is 2.33. The number of nitrogens with zero attached hydrogens (tertiary/aromatic N) is 2. The second-order valence-electron chi connectivity index (χ2n) is 12.6. The van der Waals surface area contributed by atoms with Gasteiger partial charge in [0.15, 0.2) is 5.78 Å². The van der Waals surface area contributed by atoms with Crippen LogP contribution >= 0.6 is 0 Å². The normalized spacial score (nSPS) is 19.2. The van der Waals surface area contributed by atoms with E-state index in [0.29, 0.717) is 19.4 Å². The molecular weight excluding hydrogens is 400 g/mol. The topological polar surface area (TPSA) is 42.0 Å². The lowest BCUT2D eigenvalue weighted by Gasteiger charge is -2.42. The molecule has 1 atom stereocenters. The van der Waals surface area contributed by atoms with E-state index in [9.17, 15) is 4.79 Å². The van der Waals surface area contributed by atoms with E-state index in [0.717, 1.165) is 58.6 Å². The number of carbonyl (C=O) groups is 1. The Morgan fingerprint density at radius 1 is 0.812 bits per heavy atom. The van der Waals surface area contributed by atoms with Crippen LogP contribution in [-0.4, -0.2) is 78.3 Å². The first-order valence-electron chi connectivity index (χ1n) is 12.9. The quantitative estimate of drug-likeness (QED) is 0.341. The van der Waals surface area contributed by atoms with Crippen molar-refractivity contribution in [1.29, 1.82) is 0 Å². The van der Waals surface area contributed by atoms with Crippen LogP contribution < -0.4 is 0 Å². The molecule has 5 heteroatoms. The fraction of sp³-hybridized carbons (Fsp3) is 0.963. The molecule has 0 amide bonds. The van der Waals surface area contributed by atoms with Crippen molar-refractivity contribution in [1.82, 2.24) is 9.80 Å². The Morgan fingerprint density at radius 2 is 1.41 bits per heavy atom. The minimum atomic E-state index is -0.684. The van der Waals surface area contributed by atoms with Crippen molar-refractivity contribution in [3.8, 4) is 0 Å². The van der Waals surface area contributed by atoms with Crippen LogP contribution in [0.3, 0.4) is 0 Å². The Bertz CT molecular complexity index is 554. The third-order valence-corrected chi connectivity index (χ3v) is 6.92. The monoisotopic (exact) mass is 454 g/mol. The molecule has 1 aliphatic rings. The summed E-state index contributed by atoms with van der Waals surface area (Å²) in [5, 5.41) is 0. The third kappa shape index (κ3) is 11.1. The fourth-order valence-electron chi connectivity index (χ4n) is 4.01. The van der Waals surface area contributed by atoms with Crippen molar-refractivity contribution in [3.05, 3.63) is 0 Å². The Kier molecular flexibility index (Phi) is 11.3. The van der Waals surface area contributed by atoms with Crippen molar-refractivity contribution < 1.29 is 14.3 Å². The zero-order valence-corrected chi connectivity index (χ0v) is 23.1. The van der Waals surface area contributed by atoms with Gasteiger partial charge in [0.25, 0.3) is 0 Å². The van der Waals surface area contributed by atoms with Crippen molar-refractivity contribution in [2.45, 2.75) is 118 Å². The van der Waals surface area contributed by atoms with Gasteiger partial charge in [0.1, 0.15) is 5.60 Å². The summed E-state index contributed by atoms with van der Waals surface area (Å²) in [6.45, 7) is 28.7. The molecule has 5 nitrogen and oxygen atoms in total. The number of rotatable bonds is 13. The smallest absolute Gasteiger partial charge is 0.164 e. The number of carbonyl (C=O) groups excluding carboxylic acids is 1. The zero-order valence-electron chi connectivity index (χ0n) is 23.1. The molecule has 0 spiro atoms. The molecule has 0 radical (unpaired) electrons. The van der Waals surface area contributed by atoms with Crippen molar-refractivity contribution >= 4 is 5.78 Å². The predicted molar refractivity (Wildman–Crippen MR) is 135 cm³/mol. The SMILES string of the molecule is CCC(C)(OCCC(C)(C)OCCCN1CCN(C(C)(C)C)CC1)C(=O)CCC(C)(C)C. The Balaban J connectivity index is 2.29. The second-order valence-corrected chi connectivity index (χ2v) is 12.6. The molecular formula is C27H54N2O3. The molecule has 0 aromatic rings. The number of piperazine rings is 1. The van der Waals surface area contributed by atoms with E-state index in [1.807, 2.05) is 13.8 Å². The summed E-state index contributed by atoms with van der Waals surface area (Å²) in [6, 6.07) is 0. The molecule has 0 N–H and O–H groups in total. The Labute approximate surface area is 199 Å². The molecule has 190 valence electrons. The maximum Gasteiger partial charge on any atom is 0.164 e. The molecule has 0 bridgehead atoms. The molecule has 1 saturated heterocycles. The van der Waals surface area contributed by atoms with Gasteiger partial charge in [0.05, 0.1) is 12.2 Å². The largest absolute Gasteiger partial charge is 0.375 e. The highest BCUT2D eigenvalue weighted by Crippen LogP contribution is 2.27. The van der Waals surface area contributed by atoms with Crippen LogP contribution in [-0.2, 0) is 14.3 Å². The standard InChI is InChI=1S/C27H54N2O3/c1-11-27(10,23(30)13-14-24(2,3)4)32-22-15-26(8,9)31-21-12-16-28-17-19-29(20-18-28)25(5,6)7/h11-22H2,1-10H3. The van der Waals surface area contributed by atoms with Gasteiger partial charge in [-0.2, -0.15) is 0 Å². The van der Waals surface area contributed by atoms with Crippen LogP contribution in [0.25, 0.3) is 0 Å². The summed E-state index contributed by atoms with van der Waals surface area (Å²) < 4.78 is 12.3. The van der Waals surface area contributed by atoms with Crippen molar-refractivity contribution in [3.63, 3.8) is 0 Å². The molecule has 1 aliphatic heterocycles. The van der Waals surface area contributed by atoms with E-state index in [2.05, 4.69) is 65.2 Å². The van der Waals surface area contributed by atoms with Gasteiger partial charge in [0, 0.05) is 51.3 Å². The van der Waals surface area contributed by atoms with Crippen LogP contribution in [0.1, 0.15) is 101 Å². The molecule has 0 saturated carbocycles. The molecule has 32 heavy (non-hydrogen) atoms. The first-order valence-corrected chi connectivity index (χ1v) is 12.9. The minimum absolute atomic E-state index is 0.167. The van der Waals surface area contributed by atoms with Gasteiger partial charge in [-0.3, -0.25) is 9.69 Å². The highest BCUT2D eigenvalue weighted by molar-refractivity contribution is 5.86. The summed E-state index contributed by atoms with van der Waals surface area (Å²) in [6.07, 6.45) is 4.03. The summed E-state index contributed by atoms with van der Waals surface area (Å²) in [5.74, 6) is 0.222. The van der Waals surface area contributed by atoms with Gasteiger partial charge in [-0.05, 0) is 72.6 Å². The summed E-state index contributed by atoms with van der Waals surface area (Å²) in [7, 11) is 0. The van der Waals surface area contributed by atoms with E-state index in [1.54, 1.807) is 0 Å². The summed E-state index contributed by atoms with van der Waals surface area (Å²) in [5.41, 5.74) is -0.489. The number of hydrogen-bond acceptors (Lipinski definition) is 5. The average Bonchev–Trinajstić information content (AvgIpc) is 2.68. The van der Waals surface area contributed by atoms with Crippen LogP contribution in [0.2, 0.25) is 0 Å². The van der Waals surface area contributed by atoms with Crippen molar-refractivity contribution in [2.75, 3.05) is 45.9 Å². The van der Waals surface area contributed by atoms with Gasteiger partial charge in [-0.25, -0.2) is 0 Å². The Hall–Kier alpha value is -0.490. The molecule has 0 aromatic carbocycles. The van der Waals surface area contributed by atoms with Crippen molar-refractivity contribution in [2.24, 2.45) is 5.41 Å². The first-order chi connectivity index (χ1) is 14.6. The van der Waals surface area contributed by atoms with Gasteiger partial charge in [-0.1, -0.05) is 27.7 Å². The molecule has 1 rings (SSSR count). The van der Waals surface area contributed by atoms with Gasteiger partial charge in [-0.15, -0.1) is 0 Å². The second kappa shape index (κ2) is 12.3. The number of ketones is 1. The van der Waals surface area contributed by atoms with Crippen LogP contribution in [0.5, 0.6) is 0 Å². The minimum Gasteiger partial charge on any atom is -0.375 e. The Morgan fingerprint density at radius 3 is 1.91 bits per heavy atom. The average molecular weight is 455 g/mol. The molecule has 0 aromatic heterocycles. The van der Waals surface area contributed by atoms with Gasteiger partial charge < -0.3 is 14.4 Å². The van der Waals surface area contributed by atoms with E-state index >= 15 is 0 Å². The summed E-state index contributed by atoms with van der Waals surface area (Å²) >= 11 is 0. The zero-order chi connectivity index (χ0) is 24.6. The first kappa shape index (κ1) is 29.5. The lowest BCUT2D eigenvalue weighted by atomic mass is 9.85. The van der Waals surface area contributed by atoms with Crippen LogP contribution in [0, 0.1) is 5.41 Å². The number of ether oxygens (including phenoxy) is 2. The predicted octanol–water partition coefficient (Wildman–Crippen LogP) is 5.56. The van der Waals surface area contributed by atoms with E-state index in [-0.39, 0.29) is 22.3 Å². The maximum absolute atomic E-state index is 12.8. The summed E-state index contributed by atoms with van der Waals surface area (Å²) in [4.78, 5) is 17.9. The van der Waals surface area contributed by atoms with E-state index in [1.165, 1.54) is 0 Å². The van der Waals surface area contributed by atoms with E-state index < -0.39 is 5.60 Å². The molecule has 0 aliphatic carbocycles. The van der Waals surface area contributed by atoms with Crippen LogP contribution in [0.4, 0.5) is 0 Å². The molecule has 1 fully saturated rings. The van der Waals surface area contributed by atoms with Gasteiger partial charge in [0.2, 0.25) is 0 Å². The van der Waals surface area contributed by atoms with E-state index in [4.69, 9.17) is 9.47 Å². The molecule has 1 heterocycles. The molecule has 1 unspecified atom stereocenters. The van der Waals surface area contributed by atoms with Crippen LogP contribution in [0.15, 0.2) is 0 Å².